The van der Waals surface area contributed by atoms with E-state index < -0.39 is 17.8 Å². The van der Waals surface area contributed by atoms with Gasteiger partial charge in [0.25, 0.3) is 11.8 Å². The number of amides is 2. The molecule has 0 atom stereocenters. The van der Waals surface area contributed by atoms with E-state index in [1.807, 2.05) is 0 Å². The van der Waals surface area contributed by atoms with Crippen molar-refractivity contribution >= 4 is 46.9 Å². The van der Waals surface area contributed by atoms with Crippen molar-refractivity contribution in [1.82, 2.24) is 10.7 Å². The molecule has 7 nitrogen and oxygen atoms in total. The van der Waals surface area contributed by atoms with Gasteiger partial charge in [-0.3, -0.25) is 9.59 Å². The Morgan fingerprint density at radius 1 is 1.03 bits per heavy atom. The first-order valence-corrected chi connectivity index (χ1v) is 9.98. The summed E-state index contributed by atoms with van der Waals surface area (Å²) in [6.45, 7) is -0.226. The Morgan fingerprint density at radius 2 is 1.77 bits per heavy atom. The van der Waals surface area contributed by atoms with Crippen LogP contribution >= 0.6 is 22.9 Å². The normalized spacial score (nSPS) is 10.6. The minimum absolute atomic E-state index is 0.226. The zero-order chi connectivity index (χ0) is 21.3. The van der Waals surface area contributed by atoms with Gasteiger partial charge in [0.05, 0.1) is 12.8 Å². The van der Waals surface area contributed by atoms with Crippen LogP contribution in [0.5, 0.6) is 5.75 Å². The Bertz CT molecular complexity index is 1050. The summed E-state index contributed by atoms with van der Waals surface area (Å²) >= 11 is 7.07. The minimum Gasteiger partial charge on any atom is -0.422 e. The fourth-order valence-electron chi connectivity index (χ4n) is 2.26. The van der Waals surface area contributed by atoms with Crippen LogP contribution in [0.3, 0.4) is 0 Å². The highest BCUT2D eigenvalue weighted by Gasteiger charge is 2.09. The Morgan fingerprint density at radius 3 is 2.43 bits per heavy atom. The molecule has 0 fully saturated rings. The first-order valence-electron chi connectivity index (χ1n) is 8.73. The van der Waals surface area contributed by atoms with E-state index in [1.54, 1.807) is 66.0 Å². The van der Waals surface area contributed by atoms with Crippen LogP contribution in [-0.2, 0) is 4.79 Å². The summed E-state index contributed by atoms with van der Waals surface area (Å²) < 4.78 is 5.26. The zero-order valence-corrected chi connectivity index (χ0v) is 17.1. The third-order valence-corrected chi connectivity index (χ3v) is 4.83. The topological polar surface area (TPSA) is 96.9 Å². The molecule has 1 heterocycles. The van der Waals surface area contributed by atoms with Gasteiger partial charge in [-0.25, -0.2) is 10.2 Å². The molecule has 1 aromatic heterocycles. The molecule has 9 heteroatoms. The molecular weight excluding hydrogens is 426 g/mol. The van der Waals surface area contributed by atoms with Gasteiger partial charge in [-0.2, -0.15) is 5.10 Å². The molecule has 0 saturated carbocycles. The van der Waals surface area contributed by atoms with Crippen LogP contribution in [0, 0.1) is 0 Å². The Kier molecular flexibility index (Phi) is 7.31. The molecule has 3 aromatic rings. The number of carbonyl (C=O) groups excluding carboxylic acids is 3. The van der Waals surface area contributed by atoms with E-state index >= 15 is 0 Å². The van der Waals surface area contributed by atoms with Crippen molar-refractivity contribution in [3.05, 3.63) is 87.1 Å². The molecule has 0 saturated heterocycles. The molecule has 2 amide bonds. The molecular formula is C21H16ClN3O4S. The number of hydrazone groups is 1. The number of nitrogens with one attached hydrogen (secondary N) is 2. The number of benzene rings is 2. The number of nitrogens with zero attached hydrogens (tertiary/aromatic N) is 1. The lowest BCUT2D eigenvalue weighted by molar-refractivity contribution is -0.120. The highest BCUT2D eigenvalue weighted by atomic mass is 35.5. The fraction of sp³-hybridized carbons (Fsp3) is 0.0476. The SMILES string of the molecule is O=C(CNC(=O)c1ccc(Cl)cc1)N/N=C/c1ccc(OC(=O)c2cccs2)cc1. The molecule has 0 aliphatic rings. The monoisotopic (exact) mass is 441 g/mol. The maximum Gasteiger partial charge on any atom is 0.353 e. The Hall–Kier alpha value is -3.49. The van der Waals surface area contributed by atoms with E-state index in [0.717, 1.165) is 0 Å². The highest BCUT2D eigenvalue weighted by molar-refractivity contribution is 7.12. The first kappa shape index (κ1) is 21.2. The minimum atomic E-state index is -0.477. The van der Waals surface area contributed by atoms with Crippen molar-refractivity contribution in [2.75, 3.05) is 6.54 Å². The van der Waals surface area contributed by atoms with Gasteiger partial charge in [0, 0.05) is 10.6 Å². The quantitative estimate of drug-likeness (QED) is 0.254. The molecule has 0 aliphatic heterocycles. The van der Waals surface area contributed by atoms with Crippen LogP contribution in [0.1, 0.15) is 25.6 Å². The van der Waals surface area contributed by atoms with Crippen LogP contribution in [0.15, 0.2) is 71.1 Å². The summed E-state index contributed by atoms with van der Waals surface area (Å²) in [5.74, 6) is -0.882. The molecule has 2 aromatic carbocycles. The van der Waals surface area contributed by atoms with E-state index in [4.69, 9.17) is 16.3 Å². The van der Waals surface area contributed by atoms with E-state index in [-0.39, 0.29) is 6.54 Å². The molecule has 30 heavy (non-hydrogen) atoms. The number of halogens is 1. The van der Waals surface area contributed by atoms with Crippen LogP contribution in [0.4, 0.5) is 0 Å². The Balaban J connectivity index is 1.43. The highest BCUT2D eigenvalue weighted by Crippen LogP contribution is 2.16. The van der Waals surface area contributed by atoms with Crippen LogP contribution in [-0.4, -0.2) is 30.5 Å². The van der Waals surface area contributed by atoms with Crippen LogP contribution < -0.4 is 15.5 Å². The molecule has 0 radical (unpaired) electrons. The summed E-state index contributed by atoms with van der Waals surface area (Å²) in [4.78, 5) is 36.1. The first-order chi connectivity index (χ1) is 14.5. The van der Waals surface area contributed by atoms with Gasteiger partial charge >= 0.3 is 5.97 Å². The average molecular weight is 442 g/mol. The summed E-state index contributed by atoms with van der Waals surface area (Å²) in [7, 11) is 0. The lowest BCUT2D eigenvalue weighted by Crippen LogP contribution is -2.34. The molecule has 3 rings (SSSR count). The van der Waals surface area contributed by atoms with Crippen LogP contribution in [0.2, 0.25) is 5.02 Å². The van der Waals surface area contributed by atoms with Gasteiger partial charge in [-0.05, 0) is 65.5 Å². The summed E-state index contributed by atoms with van der Waals surface area (Å²) in [6, 6.07) is 16.4. The lowest BCUT2D eigenvalue weighted by Gasteiger charge is -2.04. The van der Waals surface area contributed by atoms with Gasteiger partial charge < -0.3 is 10.1 Å². The maximum atomic E-state index is 11.9. The zero-order valence-electron chi connectivity index (χ0n) is 15.5. The molecule has 0 spiro atoms. The predicted molar refractivity (Wildman–Crippen MR) is 115 cm³/mol. The number of hydrogen-bond acceptors (Lipinski definition) is 6. The molecule has 0 aliphatic carbocycles. The Labute approximate surface area is 181 Å². The smallest absolute Gasteiger partial charge is 0.353 e. The number of hydrogen-bond donors (Lipinski definition) is 2. The molecule has 2 N–H and O–H groups in total. The van der Waals surface area contributed by atoms with Crippen molar-refractivity contribution in [3.63, 3.8) is 0 Å². The van der Waals surface area contributed by atoms with Crippen molar-refractivity contribution in [2.45, 2.75) is 0 Å². The van der Waals surface area contributed by atoms with E-state index in [1.165, 1.54) is 17.6 Å². The van der Waals surface area contributed by atoms with Gasteiger partial charge in [0.1, 0.15) is 10.6 Å². The summed E-state index contributed by atoms with van der Waals surface area (Å²) in [6.07, 6.45) is 1.43. The van der Waals surface area contributed by atoms with E-state index in [0.29, 0.717) is 26.8 Å². The van der Waals surface area contributed by atoms with Crippen molar-refractivity contribution in [2.24, 2.45) is 5.10 Å². The van der Waals surface area contributed by atoms with Gasteiger partial charge in [-0.15, -0.1) is 11.3 Å². The van der Waals surface area contributed by atoms with E-state index in [2.05, 4.69) is 15.8 Å². The number of rotatable bonds is 7. The second-order valence-corrected chi connectivity index (χ2v) is 7.30. The van der Waals surface area contributed by atoms with Gasteiger partial charge in [0.15, 0.2) is 0 Å². The maximum absolute atomic E-state index is 11.9. The number of carbonyl (C=O) groups is 3. The molecule has 0 unspecified atom stereocenters. The van der Waals surface area contributed by atoms with Crippen molar-refractivity contribution in [1.29, 1.82) is 0 Å². The lowest BCUT2D eigenvalue weighted by atomic mass is 10.2. The summed E-state index contributed by atoms with van der Waals surface area (Å²) in [5.41, 5.74) is 3.41. The molecule has 152 valence electrons. The fourth-order valence-corrected chi connectivity index (χ4v) is 2.98. The van der Waals surface area contributed by atoms with Crippen molar-refractivity contribution in [3.8, 4) is 5.75 Å². The predicted octanol–water partition coefficient (Wildman–Crippen LogP) is 3.50. The average Bonchev–Trinajstić information content (AvgIpc) is 3.29. The molecule has 0 bridgehead atoms. The number of thiophene rings is 1. The van der Waals surface area contributed by atoms with E-state index in [9.17, 15) is 14.4 Å². The van der Waals surface area contributed by atoms with Crippen LogP contribution in [0.25, 0.3) is 0 Å². The number of ether oxygens (including phenoxy) is 1. The van der Waals surface area contributed by atoms with Gasteiger partial charge in [-0.1, -0.05) is 17.7 Å². The third-order valence-electron chi connectivity index (χ3n) is 3.73. The third kappa shape index (κ3) is 6.26. The standard InChI is InChI=1S/C21H16ClN3O4S/c22-16-7-5-15(6-8-16)20(27)23-13-19(26)25-24-12-14-3-9-17(10-4-14)29-21(28)18-2-1-11-30-18/h1-12H,13H2,(H,23,27)(H,25,26)/b24-12+. The second-order valence-electron chi connectivity index (χ2n) is 5.92. The number of esters is 1. The van der Waals surface area contributed by atoms with Gasteiger partial charge in [0.2, 0.25) is 0 Å². The van der Waals surface area contributed by atoms with Crippen molar-refractivity contribution < 1.29 is 19.1 Å². The second kappa shape index (κ2) is 10.3. The summed E-state index contributed by atoms with van der Waals surface area (Å²) in [5, 5.41) is 8.64. The largest absolute Gasteiger partial charge is 0.422 e.